The Labute approximate surface area is 126 Å². The lowest BCUT2D eigenvalue weighted by Gasteiger charge is -2.10. The minimum absolute atomic E-state index is 0.927. The summed E-state index contributed by atoms with van der Waals surface area (Å²) in [4.78, 5) is 4.40. The minimum Gasteiger partial charge on any atom is -0.261 e. The highest BCUT2D eigenvalue weighted by Crippen LogP contribution is 2.30. The fourth-order valence-electron chi connectivity index (χ4n) is 2.58. The van der Waals surface area contributed by atoms with Crippen LogP contribution in [-0.4, -0.2) is 6.21 Å². The zero-order valence-electron chi connectivity index (χ0n) is 12.2. The molecule has 0 radical (unpaired) electrons. The number of hydrogen-bond acceptors (Lipinski definition) is 1. The first-order valence-electron chi connectivity index (χ1n) is 7.31. The average molecular weight is 273 g/mol. The van der Waals surface area contributed by atoms with Crippen LogP contribution < -0.4 is 0 Å². The Balaban J connectivity index is 1.64. The van der Waals surface area contributed by atoms with Crippen molar-refractivity contribution in [2.45, 2.75) is 19.3 Å². The summed E-state index contributed by atoms with van der Waals surface area (Å²) in [7, 11) is 0. The van der Waals surface area contributed by atoms with Crippen LogP contribution in [0.2, 0.25) is 0 Å². The normalized spacial score (nSPS) is 12.2. The van der Waals surface area contributed by atoms with Crippen molar-refractivity contribution in [2.24, 2.45) is 4.99 Å². The smallest absolute Gasteiger partial charge is 0.0667 e. The van der Waals surface area contributed by atoms with E-state index in [1.165, 1.54) is 16.7 Å². The number of benzene rings is 2. The summed E-state index contributed by atoms with van der Waals surface area (Å²) in [6.45, 7) is 8.41. The van der Waals surface area contributed by atoms with E-state index in [1.807, 2.05) is 24.4 Å². The van der Waals surface area contributed by atoms with E-state index in [0.29, 0.717) is 0 Å². The van der Waals surface area contributed by atoms with Crippen molar-refractivity contribution in [3.63, 3.8) is 0 Å². The second-order valence-corrected chi connectivity index (χ2v) is 5.43. The first-order valence-corrected chi connectivity index (χ1v) is 7.31. The van der Waals surface area contributed by atoms with Gasteiger partial charge in [-0.1, -0.05) is 55.6 Å². The largest absolute Gasteiger partial charge is 0.261 e. The highest BCUT2D eigenvalue weighted by Gasteiger charge is 2.09. The third kappa shape index (κ3) is 3.03. The molecule has 21 heavy (non-hydrogen) atoms. The number of rotatable bonds is 5. The van der Waals surface area contributed by atoms with E-state index in [1.54, 1.807) is 0 Å². The average Bonchev–Trinajstić information content (AvgIpc) is 3.00. The summed E-state index contributed by atoms with van der Waals surface area (Å²) < 4.78 is 0. The van der Waals surface area contributed by atoms with Crippen molar-refractivity contribution in [3.8, 4) is 0 Å². The van der Waals surface area contributed by atoms with Crippen LogP contribution in [0.4, 0.5) is 5.69 Å². The highest BCUT2D eigenvalue weighted by atomic mass is 14.7. The lowest BCUT2D eigenvalue weighted by atomic mass is 9.96. The van der Waals surface area contributed by atoms with Gasteiger partial charge in [-0.15, -0.1) is 0 Å². The van der Waals surface area contributed by atoms with Gasteiger partial charge in [0.2, 0.25) is 0 Å². The van der Waals surface area contributed by atoms with Crippen LogP contribution >= 0.6 is 0 Å². The summed E-state index contributed by atoms with van der Waals surface area (Å²) >= 11 is 0. The summed E-state index contributed by atoms with van der Waals surface area (Å²) in [6.07, 6.45) is 4.78. The predicted molar refractivity (Wildman–Crippen MR) is 92.0 cm³/mol. The van der Waals surface area contributed by atoms with Gasteiger partial charge in [-0.25, -0.2) is 0 Å². The molecule has 0 aromatic heterocycles. The Bertz CT molecular complexity index is 708. The van der Waals surface area contributed by atoms with Crippen molar-refractivity contribution < 1.29 is 0 Å². The van der Waals surface area contributed by atoms with Gasteiger partial charge < -0.3 is 0 Å². The summed E-state index contributed by atoms with van der Waals surface area (Å²) in [6, 6.07) is 16.8. The SMILES string of the molecule is C=C(CCC(=C)c1ccc2c(c1)N=CC2)c1ccccc1. The minimum atomic E-state index is 0.927. The van der Waals surface area contributed by atoms with Gasteiger partial charge in [-0.3, -0.25) is 4.99 Å². The fraction of sp³-hybridized carbons (Fsp3) is 0.150. The Morgan fingerprint density at radius 2 is 1.62 bits per heavy atom. The van der Waals surface area contributed by atoms with Gasteiger partial charge in [0.15, 0.2) is 0 Å². The number of aliphatic imine (C=N–C) groups is 1. The van der Waals surface area contributed by atoms with Gasteiger partial charge in [0, 0.05) is 12.6 Å². The molecule has 2 aromatic rings. The van der Waals surface area contributed by atoms with E-state index in [4.69, 9.17) is 0 Å². The fourth-order valence-corrected chi connectivity index (χ4v) is 2.58. The Morgan fingerprint density at radius 1 is 0.905 bits per heavy atom. The quantitative estimate of drug-likeness (QED) is 0.686. The number of hydrogen-bond donors (Lipinski definition) is 0. The van der Waals surface area contributed by atoms with Crippen molar-refractivity contribution in [3.05, 3.63) is 78.4 Å². The van der Waals surface area contributed by atoms with Crippen molar-refractivity contribution in [1.82, 2.24) is 0 Å². The topological polar surface area (TPSA) is 12.4 Å². The molecule has 0 saturated carbocycles. The maximum absolute atomic E-state index is 4.40. The molecule has 3 rings (SSSR count). The molecule has 104 valence electrons. The molecule has 0 N–H and O–H groups in total. The summed E-state index contributed by atoms with van der Waals surface area (Å²) in [5.41, 5.74) is 7.11. The van der Waals surface area contributed by atoms with E-state index in [-0.39, 0.29) is 0 Å². The summed E-state index contributed by atoms with van der Waals surface area (Å²) in [5, 5.41) is 0. The van der Waals surface area contributed by atoms with Gasteiger partial charge >= 0.3 is 0 Å². The Morgan fingerprint density at radius 3 is 2.38 bits per heavy atom. The van der Waals surface area contributed by atoms with Crippen LogP contribution in [-0.2, 0) is 6.42 Å². The van der Waals surface area contributed by atoms with Gasteiger partial charge in [0.1, 0.15) is 0 Å². The Kier molecular flexibility index (Phi) is 3.83. The molecule has 0 spiro atoms. The molecular weight excluding hydrogens is 254 g/mol. The molecule has 2 aromatic carbocycles. The van der Waals surface area contributed by atoms with Crippen molar-refractivity contribution in [1.29, 1.82) is 0 Å². The molecule has 1 heterocycles. The van der Waals surface area contributed by atoms with E-state index in [2.05, 4.69) is 48.5 Å². The lowest BCUT2D eigenvalue weighted by Crippen LogP contribution is -1.88. The molecule has 0 atom stereocenters. The van der Waals surface area contributed by atoms with E-state index in [9.17, 15) is 0 Å². The van der Waals surface area contributed by atoms with Crippen LogP contribution in [0.5, 0.6) is 0 Å². The van der Waals surface area contributed by atoms with Gasteiger partial charge in [0.05, 0.1) is 5.69 Å². The maximum Gasteiger partial charge on any atom is 0.0667 e. The molecule has 0 aliphatic carbocycles. The second-order valence-electron chi connectivity index (χ2n) is 5.43. The predicted octanol–water partition coefficient (Wildman–Crippen LogP) is 5.45. The van der Waals surface area contributed by atoms with Crippen LogP contribution in [0.1, 0.15) is 29.5 Å². The number of fused-ring (bicyclic) bond motifs is 1. The first-order chi connectivity index (χ1) is 10.2. The zero-order chi connectivity index (χ0) is 14.7. The highest BCUT2D eigenvalue weighted by molar-refractivity contribution is 5.79. The first kappa shape index (κ1) is 13.6. The number of allylic oxidation sites excluding steroid dienone is 2. The third-order valence-corrected chi connectivity index (χ3v) is 3.95. The van der Waals surface area contributed by atoms with Crippen LogP contribution in [0.25, 0.3) is 11.1 Å². The molecule has 0 amide bonds. The van der Waals surface area contributed by atoms with Gasteiger partial charge in [0.25, 0.3) is 0 Å². The second kappa shape index (κ2) is 5.92. The lowest BCUT2D eigenvalue weighted by molar-refractivity contribution is 1.09. The molecular formula is C20H19N. The molecule has 0 unspecified atom stereocenters. The van der Waals surface area contributed by atoms with E-state index in [0.717, 1.165) is 36.1 Å². The third-order valence-electron chi connectivity index (χ3n) is 3.95. The summed E-state index contributed by atoms with van der Waals surface area (Å²) in [5.74, 6) is 0. The standard InChI is InChI=1S/C20H19N/c1-15(17-6-4-3-5-7-17)8-9-16(2)19-11-10-18-12-13-21-20(18)14-19/h3-7,10-11,13-14H,1-2,8-9,12H2. The van der Waals surface area contributed by atoms with Crippen LogP contribution in [0.15, 0.2) is 66.7 Å². The Hall–Kier alpha value is -2.41. The van der Waals surface area contributed by atoms with Gasteiger partial charge in [-0.2, -0.15) is 0 Å². The molecule has 0 bridgehead atoms. The molecule has 1 aliphatic rings. The molecule has 1 heteroatoms. The molecule has 0 saturated heterocycles. The molecule has 1 nitrogen and oxygen atoms in total. The molecule has 0 fully saturated rings. The van der Waals surface area contributed by atoms with Crippen molar-refractivity contribution >= 4 is 23.0 Å². The van der Waals surface area contributed by atoms with Crippen LogP contribution in [0, 0.1) is 0 Å². The van der Waals surface area contributed by atoms with Crippen LogP contribution in [0.3, 0.4) is 0 Å². The monoisotopic (exact) mass is 273 g/mol. The van der Waals surface area contributed by atoms with Gasteiger partial charge in [-0.05, 0) is 46.7 Å². The van der Waals surface area contributed by atoms with Crippen molar-refractivity contribution in [2.75, 3.05) is 0 Å². The van der Waals surface area contributed by atoms with E-state index < -0.39 is 0 Å². The zero-order valence-corrected chi connectivity index (χ0v) is 12.2. The molecule has 1 aliphatic heterocycles. The van der Waals surface area contributed by atoms with E-state index >= 15 is 0 Å². The maximum atomic E-state index is 4.40. The number of nitrogens with zero attached hydrogens (tertiary/aromatic N) is 1.